The lowest BCUT2D eigenvalue weighted by Crippen LogP contribution is -2.29. The van der Waals surface area contributed by atoms with Gasteiger partial charge in [0.05, 0.1) is 6.26 Å². The van der Waals surface area contributed by atoms with E-state index in [2.05, 4.69) is 33.2 Å². The number of furan rings is 1. The van der Waals surface area contributed by atoms with Crippen molar-refractivity contribution in [1.29, 1.82) is 0 Å². The van der Waals surface area contributed by atoms with Crippen molar-refractivity contribution in [1.82, 2.24) is 14.9 Å². The lowest BCUT2D eigenvalue weighted by molar-refractivity contribution is 0.347. The van der Waals surface area contributed by atoms with E-state index in [1.165, 1.54) is 23.2 Å². The highest BCUT2D eigenvalue weighted by atomic mass is 16.3. The highest BCUT2D eigenvalue weighted by molar-refractivity contribution is 5.80. The van der Waals surface area contributed by atoms with E-state index >= 15 is 0 Å². The van der Waals surface area contributed by atoms with Crippen LogP contribution in [0.1, 0.15) is 17.8 Å². The molecule has 3 aromatic rings. The Morgan fingerprint density at radius 1 is 1.33 bits per heavy atom. The molecule has 1 atom stereocenters. The molecule has 0 spiro atoms. The molecule has 0 aliphatic carbocycles. The van der Waals surface area contributed by atoms with Crippen LogP contribution in [0.2, 0.25) is 0 Å². The van der Waals surface area contributed by atoms with Gasteiger partial charge in [-0.15, -0.1) is 0 Å². The van der Waals surface area contributed by atoms with Crippen molar-refractivity contribution in [3.05, 3.63) is 54.3 Å². The monoisotopic (exact) mass is 281 g/mol. The van der Waals surface area contributed by atoms with Crippen LogP contribution in [0.25, 0.3) is 11.0 Å². The maximum absolute atomic E-state index is 5.58. The summed E-state index contributed by atoms with van der Waals surface area (Å²) < 4.78 is 7.86. The summed E-state index contributed by atoms with van der Waals surface area (Å²) in [6.07, 6.45) is 8.17. The Morgan fingerprint density at radius 3 is 3.29 bits per heavy atom. The van der Waals surface area contributed by atoms with Crippen LogP contribution >= 0.6 is 0 Å². The number of hydrogen-bond donors (Lipinski definition) is 1. The third-order valence-corrected chi connectivity index (χ3v) is 4.34. The minimum absolute atomic E-state index is 0.685. The van der Waals surface area contributed by atoms with Crippen LogP contribution in [-0.2, 0) is 19.5 Å². The molecule has 0 fully saturated rings. The summed E-state index contributed by atoms with van der Waals surface area (Å²) in [5.74, 6) is 1.91. The number of hydrogen-bond acceptors (Lipinski definition) is 3. The molecular formula is C17H19N3O. The molecule has 21 heavy (non-hydrogen) atoms. The van der Waals surface area contributed by atoms with Crippen LogP contribution in [0, 0.1) is 5.92 Å². The van der Waals surface area contributed by atoms with Gasteiger partial charge >= 0.3 is 0 Å². The van der Waals surface area contributed by atoms with E-state index < -0.39 is 0 Å². The summed E-state index contributed by atoms with van der Waals surface area (Å²) in [4.78, 5) is 4.38. The van der Waals surface area contributed by atoms with Gasteiger partial charge in [0.15, 0.2) is 0 Å². The highest BCUT2D eigenvalue weighted by Gasteiger charge is 2.18. The van der Waals surface area contributed by atoms with E-state index in [4.69, 9.17) is 4.42 Å². The molecule has 2 aromatic heterocycles. The third-order valence-electron chi connectivity index (χ3n) is 4.34. The van der Waals surface area contributed by atoms with E-state index in [0.29, 0.717) is 5.92 Å². The third kappa shape index (κ3) is 2.47. The van der Waals surface area contributed by atoms with Gasteiger partial charge in [-0.1, -0.05) is 18.2 Å². The molecule has 0 saturated heterocycles. The second kappa shape index (κ2) is 5.37. The van der Waals surface area contributed by atoms with Gasteiger partial charge in [-0.25, -0.2) is 4.98 Å². The Hall–Kier alpha value is -2.07. The maximum atomic E-state index is 5.58. The van der Waals surface area contributed by atoms with E-state index in [-0.39, 0.29) is 0 Å². The first-order valence-corrected chi connectivity index (χ1v) is 7.56. The molecule has 0 amide bonds. The average Bonchev–Trinajstić information content (AvgIpc) is 3.14. The van der Waals surface area contributed by atoms with Gasteiger partial charge in [-0.2, -0.15) is 0 Å². The topological polar surface area (TPSA) is 43.0 Å². The molecule has 4 nitrogen and oxygen atoms in total. The Balaban J connectivity index is 1.36. The fourth-order valence-electron chi connectivity index (χ4n) is 3.18. The Kier molecular flexibility index (Phi) is 3.24. The SMILES string of the molecule is c1ccc2c(CNC[C@@H]3CCc4nccn4C3)coc2c1. The molecule has 0 bridgehead atoms. The van der Waals surface area contributed by atoms with Gasteiger partial charge in [0.25, 0.3) is 0 Å². The van der Waals surface area contributed by atoms with Crippen LogP contribution in [0.4, 0.5) is 0 Å². The predicted molar refractivity (Wildman–Crippen MR) is 82.0 cm³/mol. The summed E-state index contributed by atoms with van der Waals surface area (Å²) in [5, 5.41) is 4.79. The lowest BCUT2D eigenvalue weighted by atomic mass is 9.99. The predicted octanol–water partition coefficient (Wildman–Crippen LogP) is 2.98. The molecule has 1 aliphatic heterocycles. The van der Waals surface area contributed by atoms with Crippen molar-refractivity contribution in [2.45, 2.75) is 25.9 Å². The van der Waals surface area contributed by atoms with E-state index in [1.54, 1.807) is 0 Å². The summed E-state index contributed by atoms with van der Waals surface area (Å²) in [5.41, 5.74) is 2.21. The molecule has 4 rings (SSSR count). The van der Waals surface area contributed by atoms with Gasteiger partial charge < -0.3 is 14.3 Å². The minimum atomic E-state index is 0.685. The van der Waals surface area contributed by atoms with E-state index in [1.807, 2.05) is 24.6 Å². The Bertz CT molecular complexity index is 743. The minimum Gasteiger partial charge on any atom is -0.464 e. The van der Waals surface area contributed by atoms with Gasteiger partial charge in [0.1, 0.15) is 11.4 Å². The zero-order valence-electron chi connectivity index (χ0n) is 12.0. The number of nitrogens with one attached hydrogen (secondary N) is 1. The molecule has 0 unspecified atom stereocenters. The quantitative estimate of drug-likeness (QED) is 0.799. The molecule has 3 heterocycles. The smallest absolute Gasteiger partial charge is 0.134 e. The van der Waals surface area contributed by atoms with Crippen molar-refractivity contribution in [2.75, 3.05) is 6.54 Å². The molecular weight excluding hydrogens is 262 g/mol. The number of para-hydroxylation sites is 1. The fourth-order valence-corrected chi connectivity index (χ4v) is 3.18. The number of fused-ring (bicyclic) bond motifs is 2. The van der Waals surface area contributed by atoms with Crippen LogP contribution in [0.15, 0.2) is 47.3 Å². The zero-order valence-corrected chi connectivity index (χ0v) is 12.0. The first kappa shape index (κ1) is 12.7. The number of rotatable bonds is 4. The molecule has 0 radical (unpaired) electrons. The summed E-state index contributed by atoms with van der Waals surface area (Å²) in [6.45, 7) is 2.98. The molecule has 0 saturated carbocycles. The second-order valence-corrected chi connectivity index (χ2v) is 5.79. The normalized spacial score (nSPS) is 18.0. The number of nitrogens with zero attached hydrogens (tertiary/aromatic N) is 2. The Morgan fingerprint density at radius 2 is 2.29 bits per heavy atom. The largest absolute Gasteiger partial charge is 0.464 e. The zero-order chi connectivity index (χ0) is 14.1. The summed E-state index contributed by atoms with van der Waals surface area (Å²) >= 11 is 0. The first-order chi connectivity index (χ1) is 10.4. The summed E-state index contributed by atoms with van der Waals surface area (Å²) in [7, 11) is 0. The van der Waals surface area contributed by atoms with E-state index in [9.17, 15) is 0 Å². The van der Waals surface area contributed by atoms with Crippen molar-refractivity contribution >= 4 is 11.0 Å². The van der Waals surface area contributed by atoms with Gasteiger partial charge in [0, 0.05) is 42.9 Å². The van der Waals surface area contributed by atoms with Crippen LogP contribution in [0.5, 0.6) is 0 Å². The van der Waals surface area contributed by atoms with Crippen LogP contribution in [-0.4, -0.2) is 16.1 Å². The maximum Gasteiger partial charge on any atom is 0.134 e. The van der Waals surface area contributed by atoms with Gasteiger partial charge in [-0.05, 0) is 24.9 Å². The molecule has 4 heteroatoms. The lowest BCUT2D eigenvalue weighted by Gasteiger charge is -2.23. The standard InChI is InChI=1S/C17H19N3O/c1-2-4-16-15(3-1)14(12-21-16)10-18-9-13-5-6-17-19-7-8-20(17)11-13/h1-4,7-8,12-13,18H,5-6,9-11H2/t13-/m0/s1. The van der Waals surface area contributed by atoms with Gasteiger partial charge in [0.2, 0.25) is 0 Å². The fraction of sp³-hybridized carbons (Fsp3) is 0.353. The van der Waals surface area contributed by atoms with E-state index in [0.717, 1.165) is 31.6 Å². The van der Waals surface area contributed by atoms with Crippen LogP contribution < -0.4 is 5.32 Å². The number of benzene rings is 1. The average molecular weight is 281 g/mol. The van der Waals surface area contributed by atoms with Crippen molar-refractivity contribution in [3.8, 4) is 0 Å². The molecule has 1 N–H and O–H groups in total. The molecule has 1 aromatic carbocycles. The Labute approximate surface area is 123 Å². The van der Waals surface area contributed by atoms with Gasteiger partial charge in [-0.3, -0.25) is 0 Å². The molecule has 108 valence electrons. The first-order valence-electron chi connectivity index (χ1n) is 7.56. The number of aromatic nitrogens is 2. The number of imidazole rings is 1. The highest BCUT2D eigenvalue weighted by Crippen LogP contribution is 2.21. The second-order valence-electron chi connectivity index (χ2n) is 5.79. The van der Waals surface area contributed by atoms with Crippen molar-refractivity contribution < 1.29 is 4.42 Å². The van der Waals surface area contributed by atoms with Crippen LogP contribution in [0.3, 0.4) is 0 Å². The molecule has 1 aliphatic rings. The van der Waals surface area contributed by atoms with Crippen molar-refractivity contribution in [3.63, 3.8) is 0 Å². The van der Waals surface area contributed by atoms with Crippen molar-refractivity contribution in [2.24, 2.45) is 5.92 Å². The number of aryl methyl sites for hydroxylation is 1. The summed E-state index contributed by atoms with van der Waals surface area (Å²) in [6, 6.07) is 8.20.